The van der Waals surface area contributed by atoms with Gasteiger partial charge < -0.3 is 4.74 Å². The molecule has 1 aromatic carbocycles. The van der Waals surface area contributed by atoms with Gasteiger partial charge in [-0.2, -0.15) is 0 Å². The van der Waals surface area contributed by atoms with Gasteiger partial charge in [-0.25, -0.2) is 4.98 Å². The van der Waals surface area contributed by atoms with Crippen LogP contribution in [0.1, 0.15) is 0 Å². The Bertz CT molecular complexity index is 548. The van der Waals surface area contributed by atoms with Crippen LogP contribution in [-0.4, -0.2) is 17.5 Å². The highest BCUT2D eigenvalue weighted by molar-refractivity contribution is 9.10. The van der Waals surface area contributed by atoms with Crippen LogP contribution in [0, 0.1) is 0 Å². The molecule has 0 unspecified atom stereocenters. The topological polar surface area (TPSA) is 51.2 Å². The van der Waals surface area contributed by atoms with Crippen LogP contribution < -0.4 is 10.1 Å². The van der Waals surface area contributed by atoms with Gasteiger partial charge in [-0.15, -0.1) is 11.3 Å². The molecule has 18 heavy (non-hydrogen) atoms. The molecule has 2 rings (SSSR count). The van der Waals surface area contributed by atoms with Crippen molar-refractivity contribution in [3.63, 3.8) is 0 Å². The number of carbonyl (C=O) groups is 1. The number of anilines is 1. The minimum Gasteiger partial charge on any atom is -0.482 e. The van der Waals surface area contributed by atoms with E-state index in [1.807, 2.05) is 0 Å². The molecule has 0 aliphatic heterocycles. The first-order valence-electron chi connectivity index (χ1n) is 4.92. The highest BCUT2D eigenvalue weighted by Gasteiger charge is 2.07. The normalized spacial score (nSPS) is 10.1. The minimum absolute atomic E-state index is 0.110. The highest BCUT2D eigenvalue weighted by atomic mass is 79.9. The van der Waals surface area contributed by atoms with Crippen molar-refractivity contribution in [2.45, 2.75) is 0 Å². The van der Waals surface area contributed by atoms with Gasteiger partial charge in [0.1, 0.15) is 5.75 Å². The summed E-state index contributed by atoms with van der Waals surface area (Å²) in [6.45, 7) is -0.110. The Kier molecular flexibility index (Phi) is 4.57. The van der Waals surface area contributed by atoms with Crippen molar-refractivity contribution in [2.24, 2.45) is 0 Å². The number of thiazole rings is 1. The summed E-state index contributed by atoms with van der Waals surface area (Å²) in [7, 11) is 0. The van der Waals surface area contributed by atoms with Crippen molar-refractivity contribution in [1.82, 2.24) is 4.98 Å². The summed E-state index contributed by atoms with van der Waals surface area (Å²) < 4.78 is 6.17. The highest BCUT2D eigenvalue weighted by Crippen LogP contribution is 2.27. The molecule has 1 heterocycles. The summed E-state index contributed by atoms with van der Waals surface area (Å²) >= 11 is 10.6. The second kappa shape index (κ2) is 6.17. The molecule has 0 fully saturated rings. The van der Waals surface area contributed by atoms with E-state index < -0.39 is 0 Å². The van der Waals surface area contributed by atoms with Gasteiger partial charge in [-0.05, 0) is 18.2 Å². The zero-order valence-electron chi connectivity index (χ0n) is 9.02. The summed E-state index contributed by atoms with van der Waals surface area (Å²) in [5.41, 5.74) is 0. The maximum Gasteiger partial charge on any atom is 0.264 e. The zero-order valence-corrected chi connectivity index (χ0v) is 12.2. The molecule has 0 saturated carbocycles. The van der Waals surface area contributed by atoms with E-state index in [9.17, 15) is 4.79 Å². The van der Waals surface area contributed by atoms with E-state index in [1.165, 1.54) is 11.3 Å². The number of nitrogens with one attached hydrogen (secondary N) is 1. The first-order chi connectivity index (χ1) is 8.65. The second-order valence-electron chi connectivity index (χ2n) is 3.25. The maximum absolute atomic E-state index is 11.5. The van der Waals surface area contributed by atoms with Crippen molar-refractivity contribution in [1.29, 1.82) is 0 Å². The lowest BCUT2D eigenvalue weighted by Crippen LogP contribution is -2.20. The van der Waals surface area contributed by atoms with Crippen LogP contribution in [0.2, 0.25) is 5.02 Å². The predicted molar refractivity (Wildman–Crippen MR) is 75.4 cm³/mol. The molecule has 94 valence electrons. The fraction of sp³-hybridized carbons (Fsp3) is 0.0909. The Balaban J connectivity index is 1.89. The van der Waals surface area contributed by atoms with Gasteiger partial charge in [-0.3, -0.25) is 10.1 Å². The first-order valence-corrected chi connectivity index (χ1v) is 6.97. The van der Waals surface area contributed by atoms with Crippen molar-refractivity contribution < 1.29 is 9.53 Å². The van der Waals surface area contributed by atoms with E-state index in [0.717, 1.165) is 4.47 Å². The lowest BCUT2D eigenvalue weighted by molar-refractivity contribution is -0.118. The molecule has 0 aliphatic rings. The summed E-state index contributed by atoms with van der Waals surface area (Å²) in [5, 5.41) is 5.39. The molecule has 0 spiro atoms. The number of rotatable bonds is 4. The SMILES string of the molecule is O=C(COc1ccc(Br)cc1Cl)Nc1nccs1. The van der Waals surface area contributed by atoms with Crippen molar-refractivity contribution in [3.8, 4) is 5.75 Å². The van der Waals surface area contributed by atoms with Gasteiger partial charge in [0, 0.05) is 16.0 Å². The lowest BCUT2D eigenvalue weighted by Gasteiger charge is -2.07. The number of carbonyl (C=O) groups excluding carboxylic acids is 1. The molecular weight excluding hydrogens is 340 g/mol. The quantitative estimate of drug-likeness (QED) is 0.920. The fourth-order valence-corrected chi connectivity index (χ4v) is 2.45. The van der Waals surface area contributed by atoms with Crippen LogP contribution in [-0.2, 0) is 4.79 Å². The number of aromatic nitrogens is 1. The molecule has 4 nitrogen and oxygen atoms in total. The average Bonchev–Trinajstić information content (AvgIpc) is 2.80. The molecule has 1 aromatic heterocycles. The first kappa shape index (κ1) is 13.3. The second-order valence-corrected chi connectivity index (χ2v) is 5.47. The van der Waals surface area contributed by atoms with Crippen LogP contribution in [0.15, 0.2) is 34.2 Å². The van der Waals surface area contributed by atoms with Gasteiger partial charge in [-0.1, -0.05) is 27.5 Å². The number of halogens is 2. The van der Waals surface area contributed by atoms with E-state index >= 15 is 0 Å². The van der Waals surface area contributed by atoms with Crippen LogP contribution >= 0.6 is 38.9 Å². The van der Waals surface area contributed by atoms with Gasteiger partial charge in [0.25, 0.3) is 5.91 Å². The number of ether oxygens (including phenoxy) is 1. The van der Waals surface area contributed by atoms with Crippen molar-refractivity contribution in [3.05, 3.63) is 39.3 Å². The van der Waals surface area contributed by atoms with Gasteiger partial charge in [0.05, 0.1) is 5.02 Å². The van der Waals surface area contributed by atoms with E-state index in [-0.39, 0.29) is 12.5 Å². The minimum atomic E-state index is -0.274. The maximum atomic E-state index is 11.5. The summed E-state index contributed by atoms with van der Waals surface area (Å²) in [4.78, 5) is 15.5. The third kappa shape index (κ3) is 3.69. The summed E-state index contributed by atoms with van der Waals surface area (Å²) in [6.07, 6.45) is 1.62. The Morgan fingerprint density at radius 1 is 1.56 bits per heavy atom. The van der Waals surface area contributed by atoms with E-state index in [4.69, 9.17) is 16.3 Å². The molecule has 1 N–H and O–H groups in total. The number of hydrogen-bond acceptors (Lipinski definition) is 4. The summed E-state index contributed by atoms with van der Waals surface area (Å²) in [5.74, 6) is 0.193. The largest absolute Gasteiger partial charge is 0.482 e. The molecule has 0 atom stereocenters. The van der Waals surface area contributed by atoms with Gasteiger partial charge in [0.15, 0.2) is 11.7 Å². The fourth-order valence-electron chi connectivity index (χ4n) is 1.18. The van der Waals surface area contributed by atoms with E-state index in [2.05, 4.69) is 26.2 Å². The molecule has 0 saturated heterocycles. The molecule has 1 amide bonds. The van der Waals surface area contributed by atoms with Crippen LogP contribution in [0.3, 0.4) is 0 Å². The average molecular weight is 348 g/mol. The van der Waals surface area contributed by atoms with Crippen molar-refractivity contribution >= 4 is 49.9 Å². The third-order valence-electron chi connectivity index (χ3n) is 1.93. The lowest BCUT2D eigenvalue weighted by atomic mass is 10.3. The van der Waals surface area contributed by atoms with Gasteiger partial charge in [0.2, 0.25) is 0 Å². The smallest absolute Gasteiger partial charge is 0.264 e. The standard InChI is InChI=1S/C11H8BrClN2O2S/c12-7-1-2-9(8(13)5-7)17-6-10(16)15-11-14-3-4-18-11/h1-5H,6H2,(H,14,15,16). The van der Waals surface area contributed by atoms with Crippen LogP contribution in [0.5, 0.6) is 5.75 Å². The number of nitrogens with zero attached hydrogens (tertiary/aromatic N) is 1. The van der Waals surface area contributed by atoms with Crippen LogP contribution in [0.4, 0.5) is 5.13 Å². The molecule has 2 aromatic rings. The predicted octanol–water partition coefficient (Wildman–Crippen LogP) is 3.58. The Hall–Kier alpha value is -1.11. The number of hydrogen-bond donors (Lipinski definition) is 1. The number of benzene rings is 1. The van der Waals surface area contributed by atoms with E-state index in [0.29, 0.717) is 15.9 Å². The molecular formula is C11H8BrClN2O2S. The third-order valence-corrected chi connectivity index (χ3v) is 3.41. The van der Waals surface area contributed by atoms with E-state index in [1.54, 1.807) is 29.8 Å². The Morgan fingerprint density at radius 3 is 3.06 bits per heavy atom. The Labute approximate surface area is 121 Å². The zero-order chi connectivity index (χ0) is 13.0. The van der Waals surface area contributed by atoms with Gasteiger partial charge >= 0.3 is 0 Å². The molecule has 0 aliphatic carbocycles. The molecule has 7 heteroatoms. The van der Waals surface area contributed by atoms with Crippen molar-refractivity contribution in [2.75, 3.05) is 11.9 Å². The Morgan fingerprint density at radius 2 is 2.39 bits per heavy atom. The summed E-state index contributed by atoms with van der Waals surface area (Å²) in [6, 6.07) is 5.19. The molecule has 0 bridgehead atoms. The van der Waals surface area contributed by atoms with Crippen LogP contribution in [0.25, 0.3) is 0 Å². The number of amides is 1. The molecule has 0 radical (unpaired) electrons. The monoisotopic (exact) mass is 346 g/mol.